The Bertz CT molecular complexity index is 196. The lowest BCUT2D eigenvalue weighted by atomic mass is 10.2. The maximum Gasteiger partial charge on any atom is 0.225 e. The average Bonchev–Trinajstić information content (AvgIpc) is 1.87. The van der Waals surface area contributed by atoms with Gasteiger partial charge >= 0.3 is 0 Å². The van der Waals surface area contributed by atoms with Gasteiger partial charge in [0, 0.05) is 11.5 Å². The van der Waals surface area contributed by atoms with Gasteiger partial charge in [0.1, 0.15) is 0 Å². The van der Waals surface area contributed by atoms with Crippen LogP contribution in [0.4, 0.5) is 0 Å². The predicted octanol–water partition coefficient (Wildman–Crippen LogP) is 2.34. The zero-order valence-corrected chi connectivity index (χ0v) is 7.10. The second kappa shape index (κ2) is 2.89. The monoisotopic (exact) mass is 160 g/mol. The standard InChI is InChI=1S/C7H13O2P/c1-2-7-5-3-4-6-10(7,8)9/h2H,3-6H2,1H3,(H,8,9)/b7-2-. The fourth-order valence-electron chi connectivity index (χ4n) is 1.30. The van der Waals surface area contributed by atoms with Crippen LogP contribution in [0.25, 0.3) is 0 Å². The van der Waals surface area contributed by atoms with Crippen LogP contribution in [0.3, 0.4) is 0 Å². The van der Waals surface area contributed by atoms with Crippen molar-refractivity contribution in [1.29, 1.82) is 0 Å². The first-order valence-corrected chi connectivity index (χ1v) is 5.49. The smallest absolute Gasteiger partial charge is 0.225 e. The number of hydrogen-bond donors (Lipinski definition) is 1. The molecule has 10 heavy (non-hydrogen) atoms. The molecule has 0 bridgehead atoms. The molecule has 1 fully saturated rings. The Morgan fingerprint density at radius 2 is 2.30 bits per heavy atom. The van der Waals surface area contributed by atoms with Gasteiger partial charge in [-0.1, -0.05) is 6.08 Å². The van der Waals surface area contributed by atoms with Crippen molar-refractivity contribution in [2.75, 3.05) is 6.16 Å². The molecule has 0 spiro atoms. The molecule has 0 aliphatic carbocycles. The van der Waals surface area contributed by atoms with Gasteiger partial charge in [-0.3, -0.25) is 4.57 Å². The summed E-state index contributed by atoms with van der Waals surface area (Å²) in [6.45, 7) is 1.84. The first-order valence-electron chi connectivity index (χ1n) is 3.64. The van der Waals surface area contributed by atoms with E-state index in [4.69, 9.17) is 0 Å². The molecule has 0 radical (unpaired) electrons. The van der Waals surface area contributed by atoms with E-state index < -0.39 is 7.37 Å². The SMILES string of the molecule is C/C=C1/CCCCP1(=O)O. The summed E-state index contributed by atoms with van der Waals surface area (Å²) in [4.78, 5) is 9.32. The van der Waals surface area contributed by atoms with Crippen molar-refractivity contribution in [2.45, 2.75) is 26.2 Å². The van der Waals surface area contributed by atoms with Crippen molar-refractivity contribution in [3.8, 4) is 0 Å². The summed E-state index contributed by atoms with van der Waals surface area (Å²) in [5.74, 6) is 0. The molecule has 0 aromatic rings. The van der Waals surface area contributed by atoms with Crippen LogP contribution in [-0.2, 0) is 4.57 Å². The van der Waals surface area contributed by atoms with Crippen LogP contribution >= 0.6 is 7.37 Å². The van der Waals surface area contributed by atoms with E-state index in [1.165, 1.54) is 0 Å². The molecular formula is C7H13O2P. The van der Waals surface area contributed by atoms with E-state index in [2.05, 4.69) is 0 Å². The van der Waals surface area contributed by atoms with Crippen LogP contribution < -0.4 is 0 Å². The van der Waals surface area contributed by atoms with E-state index in [9.17, 15) is 9.46 Å². The Morgan fingerprint density at radius 3 is 2.70 bits per heavy atom. The minimum atomic E-state index is -2.84. The van der Waals surface area contributed by atoms with Gasteiger partial charge in [-0.05, 0) is 26.2 Å². The number of rotatable bonds is 0. The maximum atomic E-state index is 11.3. The van der Waals surface area contributed by atoms with Crippen LogP contribution in [0.1, 0.15) is 26.2 Å². The molecule has 3 heteroatoms. The van der Waals surface area contributed by atoms with E-state index in [0.717, 1.165) is 24.6 Å². The second-order valence-corrected chi connectivity index (χ2v) is 5.09. The van der Waals surface area contributed by atoms with Gasteiger partial charge < -0.3 is 4.89 Å². The maximum absolute atomic E-state index is 11.3. The van der Waals surface area contributed by atoms with Crippen molar-refractivity contribution in [3.63, 3.8) is 0 Å². The van der Waals surface area contributed by atoms with Gasteiger partial charge in [0.25, 0.3) is 0 Å². The summed E-state index contributed by atoms with van der Waals surface area (Å²) >= 11 is 0. The molecule has 1 atom stereocenters. The molecule has 0 saturated carbocycles. The van der Waals surface area contributed by atoms with Gasteiger partial charge in [-0.15, -0.1) is 0 Å². The summed E-state index contributed by atoms with van der Waals surface area (Å²) < 4.78 is 11.3. The summed E-state index contributed by atoms with van der Waals surface area (Å²) in [6, 6.07) is 0. The van der Waals surface area contributed by atoms with Crippen molar-refractivity contribution in [3.05, 3.63) is 11.4 Å². The van der Waals surface area contributed by atoms with E-state index in [1.54, 1.807) is 6.08 Å². The van der Waals surface area contributed by atoms with Crippen LogP contribution in [0.2, 0.25) is 0 Å². The quantitative estimate of drug-likeness (QED) is 0.552. The Morgan fingerprint density at radius 1 is 1.60 bits per heavy atom. The second-order valence-electron chi connectivity index (χ2n) is 2.66. The Kier molecular flexibility index (Phi) is 2.32. The summed E-state index contributed by atoms with van der Waals surface area (Å²) in [7, 11) is -2.84. The molecule has 1 rings (SSSR count). The van der Waals surface area contributed by atoms with Crippen molar-refractivity contribution in [2.24, 2.45) is 0 Å². The first kappa shape index (κ1) is 8.03. The molecule has 1 N–H and O–H groups in total. The highest BCUT2D eigenvalue weighted by molar-refractivity contribution is 7.62. The molecule has 0 amide bonds. The largest absolute Gasteiger partial charge is 0.341 e. The molecule has 1 aliphatic heterocycles. The van der Waals surface area contributed by atoms with Gasteiger partial charge in [-0.2, -0.15) is 0 Å². The van der Waals surface area contributed by atoms with Gasteiger partial charge in [0.15, 0.2) is 0 Å². The third kappa shape index (κ3) is 1.50. The molecule has 0 aromatic carbocycles. The third-order valence-corrected chi connectivity index (χ3v) is 4.23. The minimum Gasteiger partial charge on any atom is -0.341 e. The molecule has 1 heterocycles. The third-order valence-electron chi connectivity index (χ3n) is 1.93. The fraction of sp³-hybridized carbons (Fsp3) is 0.714. The fourth-order valence-corrected chi connectivity index (χ4v) is 3.15. The normalized spacial score (nSPS) is 38.4. The summed E-state index contributed by atoms with van der Waals surface area (Å²) in [6.07, 6.45) is 5.09. The zero-order valence-electron chi connectivity index (χ0n) is 6.21. The lowest BCUT2D eigenvalue weighted by Crippen LogP contribution is -2.00. The van der Waals surface area contributed by atoms with Crippen LogP contribution in [0.5, 0.6) is 0 Å². The summed E-state index contributed by atoms with van der Waals surface area (Å²) in [5.41, 5.74) is 0. The molecule has 58 valence electrons. The highest BCUT2D eigenvalue weighted by atomic mass is 31.2. The van der Waals surface area contributed by atoms with Crippen molar-refractivity contribution in [1.82, 2.24) is 0 Å². The Balaban J connectivity index is 2.80. The molecule has 1 saturated heterocycles. The zero-order chi connectivity index (χ0) is 7.61. The molecular weight excluding hydrogens is 147 g/mol. The average molecular weight is 160 g/mol. The van der Waals surface area contributed by atoms with Gasteiger partial charge in [0.2, 0.25) is 7.37 Å². The highest BCUT2D eigenvalue weighted by Crippen LogP contribution is 2.55. The Labute approximate surface area is 61.4 Å². The molecule has 1 aliphatic rings. The van der Waals surface area contributed by atoms with Gasteiger partial charge in [0.05, 0.1) is 0 Å². The molecule has 2 nitrogen and oxygen atoms in total. The Hall–Kier alpha value is -0.0700. The van der Waals surface area contributed by atoms with Crippen molar-refractivity contribution >= 4 is 7.37 Å². The molecule has 0 aromatic heterocycles. The van der Waals surface area contributed by atoms with Crippen LogP contribution in [0, 0.1) is 0 Å². The van der Waals surface area contributed by atoms with E-state index in [0.29, 0.717) is 6.16 Å². The topological polar surface area (TPSA) is 37.3 Å². The van der Waals surface area contributed by atoms with E-state index in [1.807, 2.05) is 6.92 Å². The number of hydrogen-bond acceptors (Lipinski definition) is 1. The van der Waals surface area contributed by atoms with Crippen LogP contribution in [0.15, 0.2) is 11.4 Å². The van der Waals surface area contributed by atoms with E-state index >= 15 is 0 Å². The lowest BCUT2D eigenvalue weighted by Gasteiger charge is -2.19. The molecule has 1 unspecified atom stereocenters. The number of allylic oxidation sites excluding steroid dienone is 2. The van der Waals surface area contributed by atoms with Gasteiger partial charge in [-0.25, -0.2) is 0 Å². The van der Waals surface area contributed by atoms with Crippen molar-refractivity contribution < 1.29 is 9.46 Å². The lowest BCUT2D eigenvalue weighted by molar-refractivity contribution is 0.473. The van der Waals surface area contributed by atoms with E-state index in [-0.39, 0.29) is 0 Å². The predicted molar refractivity (Wildman–Crippen MR) is 42.3 cm³/mol. The van der Waals surface area contributed by atoms with Crippen LogP contribution in [-0.4, -0.2) is 11.1 Å². The first-order chi connectivity index (χ1) is 4.67. The summed E-state index contributed by atoms with van der Waals surface area (Å²) in [5, 5.41) is 0.777. The minimum absolute atomic E-state index is 0.493. The highest BCUT2D eigenvalue weighted by Gasteiger charge is 2.26.